The van der Waals surface area contributed by atoms with E-state index in [0.717, 1.165) is 13.0 Å². The number of benzene rings is 2. The monoisotopic (exact) mass is 473 g/mol. The van der Waals surface area contributed by atoms with Crippen molar-refractivity contribution in [3.8, 4) is 11.6 Å². The van der Waals surface area contributed by atoms with Crippen molar-refractivity contribution in [2.24, 2.45) is 0 Å². The van der Waals surface area contributed by atoms with Gasteiger partial charge < -0.3 is 15.2 Å². The number of hydrogen-bond acceptors (Lipinski definition) is 5. The number of ether oxygens (including phenoxy) is 1. The summed E-state index contributed by atoms with van der Waals surface area (Å²) in [7, 11) is 0. The SMILES string of the molecule is Cc1cc(NC(=O)O)c(NC(=O)CC(=O)c2cccc(Oc3ccccn3)c2)cc1C(F)(F)F. The predicted molar refractivity (Wildman–Crippen MR) is 116 cm³/mol. The second kappa shape index (κ2) is 10.0. The summed E-state index contributed by atoms with van der Waals surface area (Å²) < 4.78 is 45.3. The predicted octanol–water partition coefficient (Wildman–Crippen LogP) is 5.50. The number of aryl methyl sites for hydroxylation is 1. The van der Waals surface area contributed by atoms with Crippen LogP contribution in [0.25, 0.3) is 0 Å². The number of aromatic nitrogens is 1. The molecule has 0 atom stereocenters. The zero-order chi connectivity index (χ0) is 24.9. The Balaban J connectivity index is 1.77. The molecule has 2 amide bonds. The van der Waals surface area contributed by atoms with E-state index in [0.29, 0.717) is 17.7 Å². The van der Waals surface area contributed by atoms with E-state index in [-0.39, 0.29) is 16.8 Å². The third kappa shape index (κ3) is 6.31. The number of anilines is 2. The van der Waals surface area contributed by atoms with Crippen molar-refractivity contribution in [1.82, 2.24) is 4.98 Å². The molecule has 0 aliphatic carbocycles. The summed E-state index contributed by atoms with van der Waals surface area (Å²) in [4.78, 5) is 40.0. The molecule has 11 heteroatoms. The van der Waals surface area contributed by atoms with E-state index >= 15 is 0 Å². The first-order chi connectivity index (χ1) is 16.0. The molecular formula is C23H18F3N3O5. The molecule has 1 heterocycles. The van der Waals surface area contributed by atoms with Crippen LogP contribution in [-0.4, -0.2) is 27.9 Å². The number of hydrogen-bond donors (Lipinski definition) is 3. The highest BCUT2D eigenvalue weighted by Crippen LogP contribution is 2.37. The lowest BCUT2D eigenvalue weighted by Crippen LogP contribution is -2.20. The van der Waals surface area contributed by atoms with Crippen LogP contribution in [0, 0.1) is 6.92 Å². The van der Waals surface area contributed by atoms with Gasteiger partial charge in [0.2, 0.25) is 11.8 Å². The number of carbonyl (C=O) groups is 3. The molecule has 0 saturated carbocycles. The van der Waals surface area contributed by atoms with E-state index < -0.39 is 41.6 Å². The van der Waals surface area contributed by atoms with Crippen LogP contribution in [0.3, 0.4) is 0 Å². The number of amides is 2. The summed E-state index contributed by atoms with van der Waals surface area (Å²) in [5.41, 5.74) is -1.85. The van der Waals surface area contributed by atoms with Gasteiger partial charge in [-0.2, -0.15) is 13.2 Å². The van der Waals surface area contributed by atoms with Gasteiger partial charge in [-0.05, 0) is 42.8 Å². The van der Waals surface area contributed by atoms with E-state index in [1.165, 1.54) is 24.4 Å². The highest BCUT2D eigenvalue weighted by atomic mass is 19.4. The standard InChI is InChI=1S/C23H18F3N3O5/c1-13-9-17(29-22(32)33)18(11-16(13)23(24,25)26)28-20(31)12-19(30)14-5-4-6-15(10-14)34-21-7-2-3-8-27-21/h2-11,29H,12H2,1H3,(H,28,31)(H,32,33). The van der Waals surface area contributed by atoms with Gasteiger partial charge in [-0.1, -0.05) is 18.2 Å². The Morgan fingerprint density at radius 3 is 2.38 bits per heavy atom. The molecule has 3 aromatic rings. The number of halogens is 3. The first-order valence-electron chi connectivity index (χ1n) is 9.76. The molecule has 0 bridgehead atoms. The Bertz CT molecular complexity index is 1230. The van der Waals surface area contributed by atoms with Crippen molar-refractivity contribution in [2.45, 2.75) is 19.5 Å². The summed E-state index contributed by atoms with van der Waals surface area (Å²) in [5, 5.41) is 13.1. The van der Waals surface area contributed by atoms with Crippen molar-refractivity contribution >= 4 is 29.2 Å². The molecule has 0 fully saturated rings. The Morgan fingerprint density at radius 1 is 1.00 bits per heavy atom. The highest BCUT2D eigenvalue weighted by molar-refractivity contribution is 6.12. The van der Waals surface area contributed by atoms with Gasteiger partial charge >= 0.3 is 12.3 Å². The zero-order valence-corrected chi connectivity index (χ0v) is 17.6. The molecule has 0 saturated heterocycles. The molecule has 3 N–H and O–H groups in total. The summed E-state index contributed by atoms with van der Waals surface area (Å²) in [6.45, 7) is 1.16. The summed E-state index contributed by atoms with van der Waals surface area (Å²) >= 11 is 0. The van der Waals surface area contributed by atoms with Crippen LogP contribution >= 0.6 is 0 Å². The van der Waals surface area contributed by atoms with Crippen LogP contribution in [0.15, 0.2) is 60.8 Å². The van der Waals surface area contributed by atoms with Gasteiger partial charge in [0.05, 0.1) is 23.4 Å². The molecule has 0 unspecified atom stereocenters. The molecule has 1 aromatic heterocycles. The van der Waals surface area contributed by atoms with Gasteiger partial charge in [-0.3, -0.25) is 14.9 Å². The second-order valence-corrected chi connectivity index (χ2v) is 7.09. The van der Waals surface area contributed by atoms with Crippen LogP contribution in [0.2, 0.25) is 0 Å². The number of rotatable bonds is 7. The van der Waals surface area contributed by atoms with E-state index in [9.17, 15) is 27.6 Å². The number of Topliss-reactive ketones (excluding diaryl/α,β-unsaturated/α-hetero) is 1. The fourth-order valence-electron chi connectivity index (χ4n) is 3.04. The van der Waals surface area contributed by atoms with Crippen LogP contribution in [0.5, 0.6) is 11.6 Å². The van der Waals surface area contributed by atoms with Crippen LogP contribution in [-0.2, 0) is 11.0 Å². The molecule has 0 aliphatic heterocycles. The summed E-state index contributed by atoms with van der Waals surface area (Å²) in [5.74, 6) is -0.958. The van der Waals surface area contributed by atoms with E-state index in [1.54, 1.807) is 24.3 Å². The van der Waals surface area contributed by atoms with Gasteiger partial charge in [-0.25, -0.2) is 9.78 Å². The second-order valence-electron chi connectivity index (χ2n) is 7.09. The van der Waals surface area contributed by atoms with Crippen molar-refractivity contribution in [3.05, 3.63) is 77.5 Å². The number of carbonyl (C=O) groups excluding carboxylic acids is 2. The van der Waals surface area contributed by atoms with Crippen molar-refractivity contribution in [3.63, 3.8) is 0 Å². The average Bonchev–Trinajstić information content (AvgIpc) is 2.75. The van der Waals surface area contributed by atoms with E-state index in [4.69, 9.17) is 9.84 Å². The van der Waals surface area contributed by atoms with Gasteiger partial charge in [0.15, 0.2) is 5.78 Å². The lowest BCUT2D eigenvalue weighted by molar-refractivity contribution is -0.138. The smallest absolute Gasteiger partial charge is 0.416 e. The lowest BCUT2D eigenvalue weighted by Gasteiger charge is -2.17. The van der Waals surface area contributed by atoms with Gasteiger partial charge in [0.25, 0.3) is 0 Å². The van der Waals surface area contributed by atoms with Crippen LogP contribution < -0.4 is 15.4 Å². The van der Waals surface area contributed by atoms with E-state index in [2.05, 4.69) is 10.3 Å². The molecule has 176 valence electrons. The zero-order valence-electron chi connectivity index (χ0n) is 17.6. The van der Waals surface area contributed by atoms with Gasteiger partial charge in [-0.15, -0.1) is 0 Å². The van der Waals surface area contributed by atoms with Gasteiger partial charge in [0, 0.05) is 17.8 Å². The highest BCUT2D eigenvalue weighted by Gasteiger charge is 2.33. The maximum atomic E-state index is 13.3. The Labute approximate surface area is 191 Å². The molecule has 0 radical (unpaired) electrons. The van der Waals surface area contributed by atoms with Crippen molar-refractivity contribution in [1.29, 1.82) is 0 Å². The van der Waals surface area contributed by atoms with Crippen molar-refractivity contribution in [2.75, 3.05) is 10.6 Å². The van der Waals surface area contributed by atoms with Crippen LogP contribution in [0.1, 0.15) is 27.9 Å². The first-order valence-corrected chi connectivity index (χ1v) is 9.76. The van der Waals surface area contributed by atoms with Gasteiger partial charge in [0.1, 0.15) is 5.75 Å². The fraction of sp³-hybridized carbons (Fsp3) is 0.130. The third-order valence-corrected chi connectivity index (χ3v) is 4.52. The number of ketones is 1. The average molecular weight is 473 g/mol. The Kier molecular flexibility index (Phi) is 7.15. The summed E-state index contributed by atoms with van der Waals surface area (Å²) in [6, 6.07) is 12.6. The number of carboxylic acid groups (broad SMARTS) is 1. The minimum absolute atomic E-state index is 0.132. The maximum absolute atomic E-state index is 13.3. The Morgan fingerprint density at radius 2 is 1.74 bits per heavy atom. The number of nitrogens with zero attached hydrogens (tertiary/aromatic N) is 1. The molecule has 8 nitrogen and oxygen atoms in total. The molecule has 2 aromatic carbocycles. The largest absolute Gasteiger partial charge is 0.465 e. The number of pyridine rings is 1. The Hall–Kier alpha value is -4.41. The maximum Gasteiger partial charge on any atom is 0.416 e. The molecule has 34 heavy (non-hydrogen) atoms. The quantitative estimate of drug-likeness (QED) is 0.308. The first kappa shape index (κ1) is 24.2. The van der Waals surface area contributed by atoms with E-state index in [1.807, 2.05) is 5.32 Å². The normalized spacial score (nSPS) is 10.9. The van der Waals surface area contributed by atoms with Crippen molar-refractivity contribution < 1.29 is 37.4 Å². The fourth-order valence-corrected chi connectivity index (χ4v) is 3.04. The minimum Gasteiger partial charge on any atom is -0.465 e. The number of alkyl halides is 3. The minimum atomic E-state index is -4.73. The molecule has 0 aliphatic rings. The third-order valence-electron chi connectivity index (χ3n) is 4.52. The lowest BCUT2D eigenvalue weighted by atomic mass is 10.0. The molecular weight excluding hydrogens is 455 g/mol. The number of nitrogens with one attached hydrogen (secondary N) is 2. The topological polar surface area (TPSA) is 118 Å². The molecule has 3 rings (SSSR count). The van der Waals surface area contributed by atoms with Crippen LogP contribution in [0.4, 0.5) is 29.3 Å². The molecule has 0 spiro atoms. The summed E-state index contributed by atoms with van der Waals surface area (Å²) in [6.07, 6.45) is -5.43.